The van der Waals surface area contributed by atoms with Crippen molar-refractivity contribution in [2.24, 2.45) is 5.92 Å². The lowest BCUT2D eigenvalue weighted by molar-refractivity contribution is 0.316. The van der Waals surface area contributed by atoms with Gasteiger partial charge in [-0.25, -0.2) is 0 Å². The zero-order valence-electron chi connectivity index (χ0n) is 10.5. The van der Waals surface area contributed by atoms with Crippen LogP contribution in [-0.4, -0.2) is 23.2 Å². The Morgan fingerprint density at radius 2 is 2.18 bits per heavy atom. The topological polar surface area (TPSA) is 51.0 Å². The summed E-state index contributed by atoms with van der Waals surface area (Å²) < 4.78 is 5.44. The minimum Gasteiger partial charge on any atom is -0.339 e. The first-order valence-electron chi connectivity index (χ1n) is 6.87. The molecule has 3 rings (SSSR count). The highest BCUT2D eigenvalue weighted by atomic mass is 16.5. The predicted octanol–water partition coefficient (Wildman–Crippen LogP) is 2.44. The molecule has 4 heteroatoms. The standard InChI is InChI=1S/C13H21N3O/c1-9-3-2-4-10(7-9)12-15-13(17-16-12)11-5-6-14-8-11/h9-11,14H,2-8H2,1H3. The fraction of sp³-hybridized carbons (Fsp3) is 0.846. The van der Waals surface area contributed by atoms with Gasteiger partial charge in [-0.2, -0.15) is 4.98 Å². The Morgan fingerprint density at radius 3 is 2.94 bits per heavy atom. The SMILES string of the molecule is CC1CCCC(c2noc(C3CCNC3)n2)C1. The van der Waals surface area contributed by atoms with E-state index >= 15 is 0 Å². The fourth-order valence-corrected chi connectivity index (χ4v) is 3.11. The molecule has 0 amide bonds. The van der Waals surface area contributed by atoms with Crippen molar-refractivity contribution in [3.63, 3.8) is 0 Å². The Kier molecular flexibility index (Phi) is 3.14. The van der Waals surface area contributed by atoms with Gasteiger partial charge in [-0.15, -0.1) is 0 Å². The Bertz CT molecular complexity index is 370. The maximum atomic E-state index is 5.44. The molecule has 1 N–H and O–H groups in total. The monoisotopic (exact) mass is 235 g/mol. The Labute approximate surface area is 102 Å². The minimum absolute atomic E-state index is 0.442. The van der Waals surface area contributed by atoms with Crippen molar-refractivity contribution in [3.05, 3.63) is 11.7 Å². The third-order valence-electron chi connectivity index (χ3n) is 4.17. The molecule has 0 radical (unpaired) electrons. The van der Waals surface area contributed by atoms with E-state index < -0.39 is 0 Å². The van der Waals surface area contributed by atoms with Crippen LogP contribution in [0.4, 0.5) is 0 Å². The summed E-state index contributed by atoms with van der Waals surface area (Å²) in [5.74, 6) is 3.59. The molecule has 2 heterocycles. The molecule has 1 aliphatic carbocycles. The number of nitrogens with zero attached hydrogens (tertiary/aromatic N) is 2. The van der Waals surface area contributed by atoms with Gasteiger partial charge < -0.3 is 9.84 Å². The molecule has 1 aromatic rings. The third kappa shape index (κ3) is 2.37. The maximum Gasteiger partial charge on any atom is 0.231 e. The molecule has 1 aromatic heterocycles. The van der Waals surface area contributed by atoms with Gasteiger partial charge in [0.2, 0.25) is 5.89 Å². The second kappa shape index (κ2) is 4.77. The van der Waals surface area contributed by atoms with Crippen LogP contribution in [0.15, 0.2) is 4.52 Å². The van der Waals surface area contributed by atoms with E-state index in [1.54, 1.807) is 0 Å². The van der Waals surface area contributed by atoms with Crippen LogP contribution >= 0.6 is 0 Å². The van der Waals surface area contributed by atoms with Crippen LogP contribution in [0.5, 0.6) is 0 Å². The lowest BCUT2D eigenvalue weighted by atomic mass is 9.82. The van der Waals surface area contributed by atoms with Gasteiger partial charge in [-0.3, -0.25) is 0 Å². The van der Waals surface area contributed by atoms with Crippen LogP contribution in [-0.2, 0) is 0 Å². The Hall–Kier alpha value is -0.900. The summed E-state index contributed by atoms with van der Waals surface area (Å²) in [4.78, 5) is 4.63. The second-order valence-electron chi connectivity index (χ2n) is 5.65. The summed E-state index contributed by atoms with van der Waals surface area (Å²) in [6.45, 7) is 4.39. The predicted molar refractivity (Wildman–Crippen MR) is 64.9 cm³/mol. The van der Waals surface area contributed by atoms with Crippen molar-refractivity contribution in [2.45, 2.75) is 50.9 Å². The largest absolute Gasteiger partial charge is 0.339 e. The van der Waals surface area contributed by atoms with E-state index in [4.69, 9.17) is 4.52 Å². The molecule has 2 aliphatic rings. The number of aromatic nitrogens is 2. The molecular formula is C13H21N3O. The van der Waals surface area contributed by atoms with E-state index in [0.29, 0.717) is 11.8 Å². The highest BCUT2D eigenvalue weighted by Crippen LogP contribution is 2.35. The molecule has 4 nitrogen and oxygen atoms in total. The second-order valence-corrected chi connectivity index (χ2v) is 5.65. The summed E-state index contributed by atoms with van der Waals surface area (Å²) in [6.07, 6.45) is 6.24. The highest BCUT2D eigenvalue weighted by molar-refractivity contribution is 5.02. The Morgan fingerprint density at radius 1 is 1.24 bits per heavy atom. The van der Waals surface area contributed by atoms with Crippen LogP contribution < -0.4 is 5.32 Å². The first-order valence-corrected chi connectivity index (χ1v) is 6.87. The van der Waals surface area contributed by atoms with E-state index in [0.717, 1.165) is 37.1 Å². The quantitative estimate of drug-likeness (QED) is 0.855. The summed E-state index contributed by atoms with van der Waals surface area (Å²) in [7, 11) is 0. The molecule has 0 spiro atoms. The van der Waals surface area contributed by atoms with Crippen molar-refractivity contribution >= 4 is 0 Å². The van der Waals surface area contributed by atoms with Gasteiger partial charge in [-0.05, 0) is 31.7 Å². The number of rotatable bonds is 2. The lowest BCUT2D eigenvalue weighted by Gasteiger charge is -2.23. The van der Waals surface area contributed by atoms with Crippen LogP contribution in [0.2, 0.25) is 0 Å². The third-order valence-corrected chi connectivity index (χ3v) is 4.17. The molecule has 1 saturated heterocycles. The van der Waals surface area contributed by atoms with E-state index in [9.17, 15) is 0 Å². The Balaban J connectivity index is 1.70. The van der Waals surface area contributed by atoms with Gasteiger partial charge in [0.25, 0.3) is 0 Å². The lowest BCUT2D eigenvalue weighted by Crippen LogP contribution is -2.13. The normalized spacial score (nSPS) is 34.1. The molecule has 3 atom stereocenters. The van der Waals surface area contributed by atoms with Gasteiger partial charge >= 0.3 is 0 Å². The van der Waals surface area contributed by atoms with Crippen molar-refractivity contribution in [2.75, 3.05) is 13.1 Å². The maximum absolute atomic E-state index is 5.44. The van der Waals surface area contributed by atoms with Gasteiger partial charge in [0.1, 0.15) is 0 Å². The first-order chi connectivity index (χ1) is 8.33. The van der Waals surface area contributed by atoms with Crippen molar-refractivity contribution in [3.8, 4) is 0 Å². The summed E-state index contributed by atoms with van der Waals surface area (Å²) in [6, 6.07) is 0. The minimum atomic E-state index is 0.442. The van der Waals surface area contributed by atoms with Gasteiger partial charge in [0.15, 0.2) is 5.82 Å². The van der Waals surface area contributed by atoms with Crippen molar-refractivity contribution in [1.29, 1.82) is 0 Å². The summed E-state index contributed by atoms with van der Waals surface area (Å²) in [5.41, 5.74) is 0. The summed E-state index contributed by atoms with van der Waals surface area (Å²) >= 11 is 0. The zero-order valence-corrected chi connectivity index (χ0v) is 10.5. The van der Waals surface area contributed by atoms with E-state index in [-0.39, 0.29) is 0 Å². The molecule has 94 valence electrons. The van der Waals surface area contributed by atoms with Crippen LogP contribution in [0.25, 0.3) is 0 Å². The molecule has 17 heavy (non-hydrogen) atoms. The number of hydrogen-bond donors (Lipinski definition) is 1. The van der Waals surface area contributed by atoms with E-state index in [1.165, 1.54) is 25.7 Å². The first kappa shape index (κ1) is 11.2. The average molecular weight is 235 g/mol. The van der Waals surface area contributed by atoms with Crippen molar-refractivity contribution < 1.29 is 4.52 Å². The molecule has 0 aromatic carbocycles. The van der Waals surface area contributed by atoms with Crippen LogP contribution in [0.3, 0.4) is 0 Å². The van der Waals surface area contributed by atoms with Crippen LogP contribution in [0, 0.1) is 5.92 Å². The van der Waals surface area contributed by atoms with Crippen molar-refractivity contribution in [1.82, 2.24) is 15.5 Å². The molecule has 1 aliphatic heterocycles. The average Bonchev–Trinajstić information content (AvgIpc) is 3.00. The molecule has 0 bridgehead atoms. The molecule has 3 unspecified atom stereocenters. The molecule has 2 fully saturated rings. The molecule has 1 saturated carbocycles. The zero-order chi connectivity index (χ0) is 11.7. The van der Waals surface area contributed by atoms with Gasteiger partial charge in [0.05, 0.1) is 5.92 Å². The van der Waals surface area contributed by atoms with E-state index in [1.807, 2.05) is 0 Å². The molecular weight excluding hydrogens is 214 g/mol. The fourth-order valence-electron chi connectivity index (χ4n) is 3.11. The van der Waals surface area contributed by atoms with Crippen LogP contribution in [0.1, 0.15) is 62.6 Å². The van der Waals surface area contributed by atoms with E-state index in [2.05, 4.69) is 22.4 Å². The van der Waals surface area contributed by atoms with Gasteiger partial charge in [-0.1, -0.05) is 24.9 Å². The summed E-state index contributed by atoms with van der Waals surface area (Å²) in [5, 5.41) is 7.54. The number of hydrogen-bond acceptors (Lipinski definition) is 4. The smallest absolute Gasteiger partial charge is 0.231 e. The van der Waals surface area contributed by atoms with Gasteiger partial charge in [0, 0.05) is 12.5 Å². The highest BCUT2D eigenvalue weighted by Gasteiger charge is 2.27. The number of nitrogens with one attached hydrogen (secondary N) is 1.